The molecule has 0 aromatic rings. The van der Waals surface area contributed by atoms with Crippen LogP contribution in [0.15, 0.2) is 0 Å². The normalized spacial score (nSPS) is 16.5. The van der Waals surface area contributed by atoms with Crippen LogP contribution in [0.3, 0.4) is 0 Å². The van der Waals surface area contributed by atoms with Gasteiger partial charge in [-0.1, -0.05) is 248 Å². The molecule has 0 atom stereocenters. The van der Waals surface area contributed by atoms with Crippen LogP contribution < -0.4 is 0 Å². The molecular formula is C6HI13O. The molecule has 1 nitrogen and oxygen atoms in total. The van der Waals surface area contributed by atoms with E-state index in [0.717, 1.165) is 0 Å². The summed E-state index contributed by atoms with van der Waals surface area (Å²) in [5.41, 5.74) is 0. The van der Waals surface area contributed by atoms with E-state index >= 15 is 0 Å². The number of hydrogen-bond acceptors (Lipinski definition) is 1. The van der Waals surface area contributed by atoms with E-state index in [4.69, 9.17) is 0 Å². The molecule has 0 aliphatic rings. The van der Waals surface area contributed by atoms with Gasteiger partial charge >= 0.3 is 0 Å². The van der Waals surface area contributed by atoms with Crippen molar-refractivity contribution in [2.45, 2.75) is 6.76 Å². The largest absolute Gasteiger partial charge is 0.369 e. The van der Waals surface area contributed by atoms with Crippen LogP contribution in [0.4, 0.5) is 0 Å². The Labute approximate surface area is 296 Å². The summed E-state index contributed by atoms with van der Waals surface area (Å²) in [6.07, 6.45) is 0. The fourth-order valence-corrected chi connectivity index (χ4v) is 24.1. The minimum absolute atomic E-state index is 0.0209. The van der Waals surface area contributed by atoms with E-state index in [2.05, 4.69) is 294 Å². The molecule has 1 N–H and O–H groups in total. The van der Waals surface area contributed by atoms with E-state index < -0.39 is 1.61 Å². The summed E-state index contributed by atoms with van der Waals surface area (Å²) in [5.74, 6) is 0. The van der Waals surface area contributed by atoms with Crippen molar-refractivity contribution in [1.82, 2.24) is 0 Å². The summed E-state index contributed by atoms with van der Waals surface area (Å²) in [6, 6.07) is 0. The molecule has 0 amide bonds. The van der Waals surface area contributed by atoms with E-state index in [-0.39, 0.29) is 5.15 Å². The molecule has 0 aliphatic heterocycles. The van der Waals surface area contributed by atoms with E-state index in [9.17, 15) is 5.11 Å². The van der Waals surface area contributed by atoms with Crippen LogP contribution >= 0.6 is 294 Å². The van der Waals surface area contributed by atoms with Crippen LogP contribution in [0.1, 0.15) is 0 Å². The zero-order valence-electron chi connectivity index (χ0n) is 8.36. The Morgan fingerprint density at radius 2 is 0.700 bits per heavy atom. The molecule has 14 heteroatoms. The highest BCUT2D eigenvalue weighted by Gasteiger charge is 2.74. The summed E-state index contributed by atoms with van der Waals surface area (Å²) in [6.45, 7) is 0. The Morgan fingerprint density at radius 1 is 0.450 bits per heavy atom. The Hall–Kier alpha value is 9.45. The number of aliphatic hydroxyl groups is 1. The fourth-order valence-electron chi connectivity index (χ4n) is 0.922. The van der Waals surface area contributed by atoms with Gasteiger partial charge in [-0.2, -0.15) is 0 Å². The molecule has 0 rings (SSSR count). The lowest BCUT2D eigenvalue weighted by Gasteiger charge is -2.56. The van der Waals surface area contributed by atoms with Crippen LogP contribution in [0.2, 0.25) is 0 Å². The summed E-state index contributed by atoms with van der Waals surface area (Å²) in [5, 5.41) is 10.7. The number of hydrogen-bond donors (Lipinski definition) is 1. The second kappa shape index (κ2) is 10.4. The van der Waals surface area contributed by atoms with Gasteiger partial charge in [-0.15, -0.1) is 0 Å². The first-order valence-corrected chi connectivity index (χ1v) is 18.0. The molecule has 0 fully saturated rings. The Kier molecular flexibility index (Phi) is 15.3. The van der Waals surface area contributed by atoms with Gasteiger partial charge in [0.25, 0.3) is 0 Å². The fraction of sp³-hybridized carbons (Fsp3) is 1.00. The molecule has 0 saturated carbocycles. The molecule has 0 saturated heterocycles. The van der Waals surface area contributed by atoms with Crippen molar-refractivity contribution in [3.63, 3.8) is 0 Å². The Bertz CT molecular complexity index is 343. The standard InChI is InChI=1S/C6HI13O/c7-1(4(12,13)14,5(15,16)17)2(8,9)3(10,11)6(18,19)20/h20H. The van der Waals surface area contributed by atoms with E-state index in [0.29, 0.717) is 0 Å². The van der Waals surface area contributed by atoms with Gasteiger partial charge in [0.15, 0.2) is 1.61 Å². The lowest BCUT2D eigenvalue weighted by Crippen LogP contribution is -2.66. The van der Waals surface area contributed by atoms with E-state index in [1.807, 2.05) is 0 Å². The Morgan fingerprint density at radius 3 is 0.850 bits per heavy atom. The molecule has 122 valence electrons. The average Bonchev–Trinajstić information content (AvgIpc) is 2.10. The molecule has 0 radical (unpaired) electrons. The zero-order valence-corrected chi connectivity index (χ0v) is 36.4. The van der Waals surface area contributed by atoms with Gasteiger partial charge in [0.05, 0.1) is 0 Å². The molecule has 0 aromatic heterocycles. The summed E-state index contributed by atoms with van der Waals surface area (Å²) in [4.78, 5) is 0. The van der Waals surface area contributed by atoms with Gasteiger partial charge < -0.3 is 5.11 Å². The highest BCUT2D eigenvalue weighted by atomic mass is 127. The second-order valence-corrected chi connectivity index (χ2v) is 42.8. The van der Waals surface area contributed by atoms with Gasteiger partial charge in [-0.25, -0.2) is 0 Å². The third-order valence-corrected chi connectivity index (χ3v) is 33.8. The monoisotopic (exact) mass is 1740 g/mol. The molecular weight excluding hydrogens is 1740 g/mol. The molecule has 0 heterocycles. The van der Waals surface area contributed by atoms with Crippen LogP contribution in [0, 0.1) is 0 Å². The highest BCUT2D eigenvalue weighted by Crippen LogP contribution is 2.76. The molecule has 0 spiro atoms. The maximum absolute atomic E-state index is 10.7. The van der Waals surface area contributed by atoms with Gasteiger partial charge in [0.2, 0.25) is 0 Å². The van der Waals surface area contributed by atoms with Crippen molar-refractivity contribution in [2.24, 2.45) is 0 Å². The molecule has 0 aliphatic carbocycles. The molecule has 20 heavy (non-hydrogen) atoms. The van der Waals surface area contributed by atoms with Gasteiger partial charge in [-0.05, 0) is 45.2 Å². The lowest BCUT2D eigenvalue weighted by atomic mass is 10.1. The van der Waals surface area contributed by atoms with Crippen LogP contribution in [0.5, 0.6) is 0 Å². The second-order valence-electron chi connectivity index (χ2n) is 3.34. The molecule has 0 unspecified atom stereocenters. The third kappa shape index (κ3) is 6.48. The number of alkyl halides is 13. The summed E-state index contributed by atoms with van der Waals surface area (Å²) >= 11 is 31.9. The highest BCUT2D eigenvalue weighted by molar-refractivity contribution is 14.3. The predicted molar refractivity (Wildman–Crippen MR) is 201 cm³/mol. The minimum Gasteiger partial charge on any atom is -0.369 e. The Balaban J connectivity index is 6.38. The first kappa shape index (κ1) is 29.5. The first-order valence-electron chi connectivity index (χ1n) is 3.93. The maximum atomic E-state index is 10.7. The third-order valence-electron chi connectivity index (χ3n) is 1.99. The minimum atomic E-state index is -0.854. The van der Waals surface area contributed by atoms with Gasteiger partial charge in [0.1, 0.15) is 5.15 Å². The quantitative estimate of drug-likeness (QED) is 0.215. The van der Waals surface area contributed by atoms with Gasteiger partial charge in [0, 0.05) is 0 Å². The smallest absolute Gasteiger partial charge is 0.192 e. The summed E-state index contributed by atoms with van der Waals surface area (Å²) < 4.78 is -1.57. The van der Waals surface area contributed by atoms with E-state index in [1.54, 1.807) is 0 Å². The maximum Gasteiger partial charge on any atom is 0.192 e. The molecule has 0 aromatic carbocycles. The van der Waals surface area contributed by atoms with Crippen molar-refractivity contribution in [3.05, 3.63) is 0 Å². The summed E-state index contributed by atoms with van der Waals surface area (Å²) in [7, 11) is 0. The SMILES string of the molecule is OC(I)(I)C(I)(I)C(I)(I)C(I)(C(I)(I)I)C(I)(I)I. The average molecular weight is 1740 g/mol. The predicted octanol–water partition coefficient (Wildman–Crippen LogP) is 9.73. The van der Waals surface area contributed by atoms with Crippen LogP contribution in [-0.2, 0) is 0 Å². The molecule has 0 bridgehead atoms. The lowest BCUT2D eigenvalue weighted by molar-refractivity contribution is 0.255. The number of rotatable bonds is 5. The topological polar surface area (TPSA) is 20.2 Å². The zero-order chi connectivity index (χ0) is 17.0. The van der Waals surface area contributed by atoms with Crippen molar-refractivity contribution >= 4 is 294 Å². The van der Waals surface area contributed by atoms with Crippen molar-refractivity contribution in [2.75, 3.05) is 0 Å². The van der Waals surface area contributed by atoms with Crippen molar-refractivity contribution < 1.29 is 5.11 Å². The van der Waals surface area contributed by atoms with Gasteiger partial charge in [-0.3, -0.25) is 0 Å². The van der Waals surface area contributed by atoms with Crippen molar-refractivity contribution in [3.8, 4) is 0 Å². The van der Waals surface area contributed by atoms with Crippen LogP contribution in [0.25, 0.3) is 0 Å². The first-order chi connectivity index (χ1) is 8.25. The number of halogens is 13. The van der Waals surface area contributed by atoms with E-state index in [1.165, 1.54) is 0 Å². The van der Waals surface area contributed by atoms with Crippen molar-refractivity contribution in [1.29, 1.82) is 0 Å². The van der Waals surface area contributed by atoms with Crippen LogP contribution in [-0.4, -0.2) is 11.9 Å².